The van der Waals surface area contributed by atoms with Crippen molar-refractivity contribution in [2.45, 2.75) is 32.7 Å². The van der Waals surface area contributed by atoms with Crippen LogP contribution in [0.3, 0.4) is 0 Å². The van der Waals surface area contributed by atoms with Crippen molar-refractivity contribution in [2.75, 3.05) is 13.2 Å². The van der Waals surface area contributed by atoms with Crippen LogP contribution >= 0.6 is 11.3 Å². The lowest BCUT2D eigenvalue weighted by Gasteiger charge is -2.13. The Balaban J connectivity index is 1.56. The molecule has 0 aliphatic rings. The van der Waals surface area contributed by atoms with Crippen LogP contribution in [0.1, 0.15) is 23.1 Å². The maximum absolute atomic E-state index is 5.67. The Hall–Kier alpha value is -1.32. The molecule has 1 atom stereocenters. The van der Waals surface area contributed by atoms with Crippen LogP contribution < -0.4 is 10.1 Å². The van der Waals surface area contributed by atoms with Gasteiger partial charge >= 0.3 is 0 Å². The van der Waals surface area contributed by atoms with Gasteiger partial charge in [-0.25, -0.2) is 0 Å². The highest BCUT2D eigenvalue weighted by atomic mass is 32.1. The first-order chi connectivity index (χ1) is 9.74. The number of hydrogen-bond donors (Lipinski definition) is 1. The van der Waals surface area contributed by atoms with Crippen molar-refractivity contribution in [3.63, 3.8) is 0 Å². The van der Waals surface area contributed by atoms with Crippen LogP contribution in [0.2, 0.25) is 0 Å². The Labute approximate surface area is 125 Å². The zero-order chi connectivity index (χ0) is 14.2. The fraction of sp³-hybridized carbons (Fsp3) is 0.412. The zero-order valence-electron chi connectivity index (χ0n) is 12.3. The highest BCUT2D eigenvalue weighted by Crippen LogP contribution is 2.16. The van der Waals surface area contributed by atoms with E-state index in [2.05, 4.69) is 31.3 Å². The van der Waals surface area contributed by atoms with Crippen LogP contribution in [0.4, 0.5) is 0 Å². The van der Waals surface area contributed by atoms with Gasteiger partial charge in [-0.1, -0.05) is 18.2 Å². The Morgan fingerprint density at radius 1 is 1.15 bits per heavy atom. The average Bonchev–Trinajstić information content (AvgIpc) is 2.85. The van der Waals surface area contributed by atoms with Crippen LogP contribution in [0.5, 0.6) is 5.75 Å². The van der Waals surface area contributed by atoms with E-state index in [0.29, 0.717) is 6.04 Å². The van der Waals surface area contributed by atoms with E-state index in [1.54, 1.807) is 0 Å². The van der Waals surface area contributed by atoms with Gasteiger partial charge in [-0.2, -0.15) is 0 Å². The molecule has 1 aromatic carbocycles. The van der Waals surface area contributed by atoms with E-state index in [4.69, 9.17) is 4.74 Å². The van der Waals surface area contributed by atoms with Crippen LogP contribution in [-0.2, 0) is 6.42 Å². The molecule has 0 aliphatic carbocycles. The van der Waals surface area contributed by atoms with Gasteiger partial charge < -0.3 is 10.1 Å². The molecule has 0 aliphatic heterocycles. The second-order valence-corrected chi connectivity index (χ2v) is 6.46. The van der Waals surface area contributed by atoms with E-state index in [1.807, 2.05) is 41.7 Å². The minimum absolute atomic E-state index is 0.518. The molecule has 2 rings (SSSR count). The first-order valence-corrected chi connectivity index (χ1v) is 8.02. The standard InChI is InChI=1S/C17H23NOS/c1-14(13-17-10-9-15(2)20-17)18-11-6-12-19-16-7-4-3-5-8-16/h3-5,7-10,14,18H,6,11-13H2,1-2H3. The predicted octanol–water partition coefficient (Wildman–Crippen LogP) is 4.05. The highest BCUT2D eigenvalue weighted by Gasteiger charge is 2.04. The van der Waals surface area contributed by atoms with Gasteiger partial charge in [-0.15, -0.1) is 11.3 Å². The monoisotopic (exact) mass is 289 g/mol. The van der Waals surface area contributed by atoms with Crippen LogP contribution in [-0.4, -0.2) is 19.2 Å². The molecule has 2 nitrogen and oxygen atoms in total. The average molecular weight is 289 g/mol. The molecule has 1 unspecified atom stereocenters. The number of aryl methyl sites for hydroxylation is 1. The first kappa shape index (κ1) is 15.1. The molecule has 3 heteroatoms. The van der Waals surface area contributed by atoms with Crippen molar-refractivity contribution in [3.8, 4) is 5.75 Å². The largest absolute Gasteiger partial charge is 0.494 e. The lowest BCUT2D eigenvalue weighted by molar-refractivity contribution is 0.305. The van der Waals surface area contributed by atoms with Gasteiger partial charge in [0.15, 0.2) is 0 Å². The van der Waals surface area contributed by atoms with E-state index >= 15 is 0 Å². The summed E-state index contributed by atoms with van der Waals surface area (Å²) in [5, 5.41) is 3.55. The topological polar surface area (TPSA) is 21.3 Å². The van der Waals surface area contributed by atoms with Gasteiger partial charge in [-0.05, 0) is 57.5 Å². The van der Waals surface area contributed by atoms with Crippen LogP contribution in [0.25, 0.3) is 0 Å². The lowest BCUT2D eigenvalue weighted by Crippen LogP contribution is -2.29. The summed E-state index contributed by atoms with van der Waals surface area (Å²) in [6, 6.07) is 14.9. The lowest BCUT2D eigenvalue weighted by atomic mass is 10.2. The van der Waals surface area contributed by atoms with E-state index < -0.39 is 0 Å². The Bertz CT molecular complexity index is 495. The van der Waals surface area contributed by atoms with Gasteiger partial charge in [0.05, 0.1) is 6.61 Å². The van der Waals surface area contributed by atoms with Gasteiger partial charge in [-0.3, -0.25) is 0 Å². The summed E-state index contributed by atoms with van der Waals surface area (Å²) in [5.74, 6) is 0.953. The number of rotatable bonds is 8. The molecule has 2 aromatic rings. The number of thiophene rings is 1. The summed E-state index contributed by atoms with van der Waals surface area (Å²) in [4.78, 5) is 2.85. The summed E-state index contributed by atoms with van der Waals surface area (Å²) in [5.41, 5.74) is 0. The smallest absolute Gasteiger partial charge is 0.119 e. The number of ether oxygens (including phenoxy) is 1. The SMILES string of the molecule is Cc1ccc(CC(C)NCCCOc2ccccc2)s1. The van der Waals surface area contributed by atoms with Crippen molar-refractivity contribution < 1.29 is 4.74 Å². The quantitative estimate of drug-likeness (QED) is 0.740. The third kappa shape index (κ3) is 5.35. The summed E-state index contributed by atoms with van der Waals surface area (Å²) in [6.07, 6.45) is 2.14. The molecule has 0 fully saturated rings. The molecule has 0 saturated heterocycles. The number of benzene rings is 1. The number of para-hydroxylation sites is 1. The third-order valence-corrected chi connectivity index (χ3v) is 4.15. The van der Waals surface area contributed by atoms with Crippen molar-refractivity contribution in [1.29, 1.82) is 0 Å². The molecule has 0 bridgehead atoms. The third-order valence-electron chi connectivity index (χ3n) is 3.13. The molecular weight excluding hydrogens is 266 g/mol. The molecule has 0 saturated carbocycles. The fourth-order valence-corrected chi connectivity index (χ4v) is 3.12. The summed E-state index contributed by atoms with van der Waals surface area (Å²) in [7, 11) is 0. The van der Waals surface area contributed by atoms with Gasteiger partial charge in [0.1, 0.15) is 5.75 Å². The molecule has 0 amide bonds. The molecule has 0 spiro atoms. The van der Waals surface area contributed by atoms with E-state index in [0.717, 1.165) is 31.7 Å². The molecule has 108 valence electrons. The Morgan fingerprint density at radius 2 is 1.95 bits per heavy atom. The number of hydrogen-bond acceptors (Lipinski definition) is 3. The van der Waals surface area contributed by atoms with Gasteiger partial charge in [0.2, 0.25) is 0 Å². The van der Waals surface area contributed by atoms with Crippen molar-refractivity contribution in [3.05, 3.63) is 52.2 Å². The van der Waals surface area contributed by atoms with Gasteiger partial charge in [0.25, 0.3) is 0 Å². The molecule has 20 heavy (non-hydrogen) atoms. The fourth-order valence-electron chi connectivity index (χ4n) is 2.10. The van der Waals surface area contributed by atoms with Crippen LogP contribution in [0.15, 0.2) is 42.5 Å². The second kappa shape index (κ2) is 8.08. The molecular formula is C17H23NOS. The van der Waals surface area contributed by atoms with E-state index in [9.17, 15) is 0 Å². The predicted molar refractivity (Wildman–Crippen MR) is 86.8 cm³/mol. The van der Waals surface area contributed by atoms with Crippen molar-refractivity contribution in [1.82, 2.24) is 5.32 Å². The molecule has 1 aromatic heterocycles. The molecule has 1 heterocycles. The summed E-state index contributed by atoms with van der Waals surface area (Å²) >= 11 is 1.89. The minimum Gasteiger partial charge on any atom is -0.494 e. The molecule has 1 N–H and O–H groups in total. The summed E-state index contributed by atoms with van der Waals surface area (Å²) < 4.78 is 5.67. The van der Waals surface area contributed by atoms with Crippen LogP contribution in [0, 0.1) is 6.92 Å². The normalized spacial score (nSPS) is 12.3. The van der Waals surface area contributed by atoms with Crippen molar-refractivity contribution >= 4 is 11.3 Å². The highest BCUT2D eigenvalue weighted by molar-refractivity contribution is 7.11. The van der Waals surface area contributed by atoms with E-state index in [-0.39, 0.29) is 0 Å². The molecule has 0 radical (unpaired) electrons. The maximum atomic E-state index is 5.67. The Kier molecular flexibility index (Phi) is 6.09. The number of nitrogens with one attached hydrogen (secondary N) is 1. The maximum Gasteiger partial charge on any atom is 0.119 e. The Morgan fingerprint density at radius 3 is 2.65 bits per heavy atom. The first-order valence-electron chi connectivity index (χ1n) is 7.20. The van der Waals surface area contributed by atoms with E-state index in [1.165, 1.54) is 9.75 Å². The zero-order valence-corrected chi connectivity index (χ0v) is 13.1. The van der Waals surface area contributed by atoms with Crippen molar-refractivity contribution in [2.24, 2.45) is 0 Å². The van der Waals surface area contributed by atoms with Gasteiger partial charge in [0, 0.05) is 15.8 Å². The minimum atomic E-state index is 0.518. The second-order valence-electron chi connectivity index (χ2n) is 5.09. The summed E-state index contributed by atoms with van der Waals surface area (Å²) in [6.45, 7) is 6.17.